The van der Waals surface area contributed by atoms with Crippen LogP contribution in [0.4, 0.5) is 15.8 Å². The summed E-state index contributed by atoms with van der Waals surface area (Å²) in [6, 6.07) is 12.6. The highest BCUT2D eigenvalue weighted by Crippen LogP contribution is 2.37. The van der Waals surface area contributed by atoms with Crippen LogP contribution in [0.5, 0.6) is 0 Å². The molecule has 1 amide bonds. The van der Waals surface area contributed by atoms with Gasteiger partial charge in [0.25, 0.3) is 0 Å². The van der Waals surface area contributed by atoms with Crippen LogP contribution in [0.2, 0.25) is 0 Å². The number of aryl methyl sites for hydroxylation is 1. The number of amides is 1. The molecule has 1 heterocycles. The van der Waals surface area contributed by atoms with E-state index in [1.54, 1.807) is 6.07 Å². The van der Waals surface area contributed by atoms with E-state index in [2.05, 4.69) is 18.3 Å². The van der Waals surface area contributed by atoms with Gasteiger partial charge in [-0.15, -0.1) is 11.8 Å². The molecule has 0 aromatic heterocycles. The van der Waals surface area contributed by atoms with Crippen LogP contribution in [0.3, 0.4) is 0 Å². The molecule has 0 radical (unpaired) electrons. The minimum absolute atomic E-state index is 0.000751. The number of para-hydroxylation sites is 1. The van der Waals surface area contributed by atoms with Gasteiger partial charge < -0.3 is 10.2 Å². The number of nitrogens with one attached hydrogen (secondary N) is 1. The van der Waals surface area contributed by atoms with Crippen molar-refractivity contribution in [2.24, 2.45) is 0 Å². The Morgan fingerprint density at radius 1 is 1.33 bits per heavy atom. The summed E-state index contributed by atoms with van der Waals surface area (Å²) >= 11 is 1.81. The number of hydrogen-bond acceptors (Lipinski definition) is 3. The third-order valence-corrected chi connectivity index (χ3v) is 5.41. The molecule has 0 saturated heterocycles. The number of hydrogen-bond donors (Lipinski definition) is 1. The third-order valence-electron chi connectivity index (χ3n) is 4.17. The van der Waals surface area contributed by atoms with Gasteiger partial charge in [0.1, 0.15) is 5.82 Å². The van der Waals surface area contributed by atoms with Gasteiger partial charge in [0.05, 0.1) is 12.2 Å². The molecule has 5 heteroatoms. The number of benzene rings is 2. The van der Waals surface area contributed by atoms with Crippen LogP contribution in [0, 0.1) is 12.7 Å². The fourth-order valence-corrected chi connectivity index (χ4v) is 3.91. The first kappa shape index (κ1) is 16.8. The Hall–Kier alpha value is -2.01. The SMILES string of the molecule is Cc1ccc(F)cc1NCC(=O)N1CCC(C)Sc2ccccc21. The summed E-state index contributed by atoms with van der Waals surface area (Å²) in [7, 11) is 0. The number of anilines is 2. The van der Waals surface area contributed by atoms with Crippen LogP contribution in [-0.4, -0.2) is 24.2 Å². The molecule has 3 rings (SSSR count). The largest absolute Gasteiger partial charge is 0.376 e. The molecule has 0 bridgehead atoms. The molecular formula is C19H21FN2OS. The number of nitrogens with zero attached hydrogens (tertiary/aromatic N) is 1. The zero-order chi connectivity index (χ0) is 17.1. The van der Waals surface area contributed by atoms with E-state index in [1.165, 1.54) is 12.1 Å². The van der Waals surface area contributed by atoms with Crippen molar-refractivity contribution < 1.29 is 9.18 Å². The van der Waals surface area contributed by atoms with Crippen LogP contribution in [0.25, 0.3) is 0 Å². The minimum atomic E-state index is -0.305. The summed E-state index contributed by atoms with van der Waals surface area (Å²) in [6.07, 6.45) is 0.948. The molecule has 2 aromatic rings. The lowest BCUT2D eigenvalue weighted by molar-refractivity contribution is -0.117. The van der Waals surface area contributed by atoms with Gasteiger partial charge in [0.15, 0.2) is 0 Å². The van der Waals surface area contributed by atoms with Crippen molar-refractivity contribution in [1.29, 1.82) is 0 Å². The van der Waals surface area contributed by atoms with Gasteiger partial charge in [-0.3, -0.25) is 4.79 Å². The normalized spacial score (nSPS) is 17.1. The quantitative estimate of drug-likeness (QED) is 0.892. The monoisotopic (exact) mass is 344 g/mol. The van der Waals surface area contributed by atoms with Gasteiger partial charge in [-0.2, -0.15) is 0 Å². The second-order valence-electron chi connectivity index (χ2n) is 6.04. The third kappa shape index (κ3) is 3.73. The van der Waals surface area contributed by atoms with Crippen molar-refractivity contribution in [3.05, 3.63) is 53.8 Å². The van der Waals surface area contributed by atoms with Gasteiger partial charge in [-0.25, -0.2) is 4.39 Å². The van der Waals surface area contributed by atoms with Gasteiger partial charge in [-0.1, -0.05) is 25.1 Å². The highest BCUT2D eigenvalue weighted by atomic mass is 32.2. The van der Waals surface area contributed by atoms with Crippen molar-refractivity contribution in [2.45, 2.75) is 30.4 Å². The lowest BCUT2D eigenvalue weighted by Crippen LogP contribution is -2.36. The Morgan fingerprint density at radius 2 is 2.12 bits per heavy atom. The molecule has 0 aliphatic carbocycles. The number of fused-ring (bicyclic) bond motifs is 1. The van der Waals surface area contributed by atoms with E-state index >= 15 is 0 Å². The van der Waals surface area contributed by atoms with E-state index in [9.17, 15) is 9.18 Å². The fraction of sp³-hybridized carbons (Fsp3) is 0.316. The average Bonchev–Trinajstić information content (AvgIpc) is 2.73. The summed E-state index contributed by atoms with van der Waals surface area (Å²) in [5, 5.41) is 3.55. The molecule has 126 valence electrons. The number of rotatable bonds is 3. The molecule has 0 saturated carbocycles. The molecular weight excluding hydrogens is 323 g/mol. The molecule has 24 heavy (non-hydrogen) atoms. The van der Waals surface area contributed by atoms with Crippen molar-refractivity contribution in [2.75, 3.05) is 23.3 Å². The Balaban J connectivity index is 1.76. The maximum atomic E-state index is 13.4. The smallest absolute Gasteiger partial charge is 0.246 e. The van der Waals surface area contributed by atoms with E-state index in [1.807, 2.05) is 41.8 Å². The van der Waals surface area contributed by atoms with E-state index in [-0.39, 0.29) is 18.3 Å². The molecule has 1 unspecified atom stereocenters. The second kappa shape index (κ2) is 7.26. The van der Waals surface area contributed by atoms with Crippen LogP contribution in [0.1, 0.15) is 18.9 Å². The average molecular weight is 344 g/mol. The summed E-state index contributed by atoms with van der Waals surface area (Å²) < 4.78 is 13.4. The standard InChI is InChI=1S/C19H21FN2OS/c1-13-7-8-15(20)11-16(13)21-12-19(23)22-10-9-14(2)24-18-6-4-3-5-17(18)22/h3-8,11,14,21H,9-10,12H2,1-2H3. The molecule has 3 nitrogen and oxygen atoms in total. The second-order valence-corrected chi connectivity index (χ2v) is 7.52. The van der Waals surface area contributed by atoms with Gasteiger partial charge in [0, 0.05) is 22.4 Å². The lowest BCUT2D eigenvalue weighted by Gasteiger charge is -2.23. The zero-order valence-electron chi connectivity index (χ0n) is 13.9. The Labute approximate surface area is 146 Å². The van der Waals surface area contributed by atoms with E-state index < -0.39 is 0 Å². The van der Waals surface area contributed by atoms with Crippen LogP contribution in [-0.2, 0) is 4.79 Å². The highest BCUT2D eigenvalue weighted by Gasteiger charge is 2.23. The first-order chi connectivity index (χ1) is 11.5. The molecule has 0 fully saturated rings. The van der Waals surface area contributed by atoms with Crippen molar-refractivity contribution in [1.82, 2.24) is 0 Å². The minimum Gasteiger partial charge on any atom is -0.376 e. The van der Waals surface area contributed by atoms with Crippen molar-refractivity contribution in [3.63, 3.8) is 0 Å². The van der Waals surface area contributed by atoms with Crippen molar-refractivity contribution in [3.8, 4) is 0 Å². The predicted octanol–water partition coefficient (Wildman–Crippen LogP) is 4.46. The first-order valence-electron chi connectivity index (χ1n) is 8.10. The molecule has 2 aromatic carbocycles. The van der Waals surface area contributed by atoms with E-state index in [0.29, 0.717) is 17.5 Å². The lowest BCUT2D eigenvalue weighted by atomic mass is 10.2. The predicted molar refractivity (Wildman–Crippen MR) is 98.4 cm³/mol. The zero-order valence-corrected chi connectivity index (χ0v) is 14.7. The maximum Gasteiger partial charge on any atom is 0.246 e. The Bertz CT molecular complexity index is 750. The summed E-state index contributed by atoms with van der Waals surface area (Å²) in [6.45, 7) is 4.93. The van der Waals surface area contributed by atoms with Crippen LogP contribution >= 0.6 is 11.8 Å². The Kier molecular flexibility index (Phi) is 5.09. The molecule has 1 N–H and O–H groups in total. The number of carbonyl (C=O) groups excluding carboxylic acids is 1. The topological polar surface area (TPSA) is 32.3 Å². The maximum absolute atomic E-state index is 13.4. The number of carbonyl (C=O) groups is 1. The molecule has 0 spiro atoms. The summed E-state index contributed by atoms with van der Waals surface area (Å²) in [4.78, 5) is 15.7. The molecule has 1 atom stereocenters. The molecule has 1 aliphatic heterocycles. The number of thioether (sulfide) groups is 1. The summed E-state index contributed by atoms with van der Waals surface area (Å²) in [5.41, 5.74) is 2.55. The number of halogens is 1. The van der Waals surface area contributed by atoms with Gasteiger partial charge in [0.2, 0.25) is 5.91 Å². The van der Waals surface area contributed by atoms with Gasteiger partial charge >= 0.3 is 0 Å². The molecule has 1 aliphatic rings. The van der Waals surface area contributed by atoms with Crippen LogP contribution in [0.15, 0.2) is 47.4 Å². The van der Waals surface area contributed by atoms with Gasteiger partial charge in [-0.05, 0) is 43.2 Å². The fourth-order valence-electron chi connectivity index (χ4n) is 2.80. The highest BCUT2D eigenvalue weighted by molar-refractivity contribution is 8.00. The first-order valence-corrected chi connectivity index (χ1v) is 8.98. The van der Waals surface area contributed by atoms with E-state index in [4.69, 9.17) is 0 Å². The Morgan fingerprint density at radius 3 is 2.96 bits per heavy atom. The van der Waals surface area contributed by atoms with Crippen LogP contribution < -0.4 is 10.2 Å². The summed E-state index contributed by atoms with van der Waals surface area (Å²) in [5.74, 6) is -0.304. The van der Waals surface area contributed by atoms with Crippen molar-refractivity contribution >= 4 is 29.0 Å². The van der Waals surface area contributed by atoms with E-state index in [0.717, 1.165) is 22.6 Å².